The molecule has 0 spiro atoms. The molecule has 1 aliphatic rings. The molecule has 9 N–H and O–H groups in total. The molecule has 0 saturated heterocycles. The molecular weight excluding hydrogens is 725 g/mol. The average molecular weight is 783 g/mol. The van der Waals surface area contributed by atoms with Crippen LogP contribution in [0.5, 0.6) is 0 Å². The number of nitrogens with one attached hydrogen (secondary N) is 4. The molecule has 2 atom stereocenters. The second-order valence-corrected chi connectivity index (χ2v) is 12.4. The number of unbranched alkanes of at least 4 members (excludes halogenated alkanes) is 2. The second kappa shape index (κ2) is 24.0. The van der Waals surface area contributed by atoms with Gasteiger partial charge in [0.25, 0.3) is 0 Å². The molecule has 1 heterocycles. The van der Waals surface area contributed by atoms with Gasteiger partial charge in [0.1, 0.15) is 6.04 Å². The summed E-state index contributed by atoms with van der Waals surface area (Å²) in [6.45, 7) is 8.71. The molecule has 0 saturated carbocycles. The number of amides is 3. The van der Waals surface area contributed by atoms with Crippen molar-refractivity contribution in [3.63, 3.8) is 0 Å². The molecule has 3 amide bonds. The fraction of sp³-hybridized carbons (Fsp3) is 0.514. The molecule has 0 fully saturated rings. The van der Waals surface area contributed by atoms with Crippen LogP contribution in [-0.2, 0) is 58.4 Å². The summed E-state index contributed by atoms with van der Waals surface area (Å²) < 4.78 is 0. The van der Waals surface area contributed by atoms with Crippen LogP contribution >= 0.6 is 0 Å². The molecule has 13 nitrogen and oxygen atoms in total. The summed E-state index contributed by atoms with van der Waals surface area (Å²) in [5.41, 5.74) is 18.0. The van der Waals surface area contributed by atoms with Gasteiger partial charge in [0, 0.05) is 76.3 Å². The summed E-state index contributed by atoms with van der Waals surface area (Å²) in [4.78, 5) is 52.7. The molecule has 0 aromatic heterocycles. The molecule has 2 aromatic rings. The number of para-hydroxylation sites is 1. The average Bonchev–Trinajstić information content (AvgIpc) is 3.08. The maximum absolute atomic E-state index is 13.6. The molecule has 1 aliphatic heterocycles. The van der Waals surface area contributed by atoms with Crippen LogP contribution in [0.1, 0.15) is 95.8 Å². The molecule has 0 aliphatic carbocycles. The molecule has 2 unspecified atom stereocenters. The number of anilines is 1. The Morgan fingerprint density at radius 1 is 0.922 bits per heavy atom. The van der Waals surface area contributed by atoms with Gasteiger partial charge in [-0.15, -0.1) is 0 Å². The van der Waals surface area contributed by atoms with Crippen LogP contribution < -0.4 is 32.4 Å². The van der Waals surface area contributed by atoms with Crippen molar-refractivity contribution in [2.45, 2.75) is 104 Å². The van der Waals surface area contributed by atoms with E-state index in [0.717, 1.165) is 11.1 Å². The predicted octanol–water partition coefficient (Wildman–Crippen LogP) is 4.37. The molecule has 14 heteroatoms. The SMILES string of the molecule is CC.CC(C)NC(CCCC[NH-])C(=O)NC(CCCCNC(=O)CCC(=O)N1Cc2ccccc2/C(N)=C(/N(C)N)c2ccccc21)C(=O)O.[Y]. The number of carbonyl (C=O) groups is 4. The van der Waals surface area contributed by atoms with E-state index in [2.05, 4.69) is 16.0 Å². The van der Waals surface area contributed by atoms with Gasteiger partial charge in [0.05, 0.1) is 29.7 Å². The number of carbonyl (C=O) groups excluding carboxylic acids is 3. The topological polar surface area (TPSA) is 207 Å². The maximum Gasteiger partial charge on any atom is 0.326 e. The van der Waals surface area contributed by atoms with Crippen molar-refractivity contribution in [3.05, 3.63) is 71.0 Å². The normalized spacial score (nSPS) is 14.6. The Morgan fingerprint density at radius 2 is 1.53 bits per heavy atom. The summed E-state index contributed by atoms with van der Waals surface area (Å²) in [5.74, 6) is 4.23. The fourth-order valence-electron chi connectivity index (χ4n) is 5.80. The molecule has 279 valence electrons. The Kier molecular flexibility index (Phi) is 21.5. The van der Waals surface area contributed by atoms with Crippen molar-refractivity contribution in [2.24, 2.45) is 11.6 Å². The summed E-state index contributed by atoms with van der Waals surface area (Å²) in [6, 6.07) is 13.5. The van der Waals surface area contributed by atoms with Crippen LogP contribution in [0.4, 0.5) is 5.69 Å². The number of benzene rings is 2. The standard InChI is InChI=1S/C35H51N8O5.C2H6.Y/c1-23(2)40-27(15-8-10-20-36)34(46)41-28(35(47)48)16-9-11-21-39-30(44)18-19-31(45)43-22-24-12-4-5-13-25(24)32(37)33(42(3)38)26-14-6-7-17-29(26)43;1-2;/h4-7,12-14,17,23,27-28,36,40H,8-11,15-16,18-22,37-38H2,1-3H3,(H,39,44)(H,41,46)(H,47,48);1-2H3;/q-1;;/b33-32-;;. The molecule has 1 radical (unpaired) electrons. The van der Waals surface area contributed by atoms with E-state index in [1.54, 1.807) is 11.9 Å². The van der Waals surface area contributed by atoms with Crippen molar-refractivity contribution >= 4 is 40.8 Å². The first kappa shape index (κ1) is 45.7. The monoisotopic (exact) mass is 782 g/mol. The minimum atomic E-state index is -1.11. The first-order valence-electron chi connectivity index (χ1n) is 17.6. The van der Waals surface area contributed by atoms with E-state index < -0.39 is 18.1 Å². The zero-order valence-electron chi connectivity index (χ0n) is 30.8. The second-order valence-electron chi connectivity index (χ2n) is 12.4. The Balaban J connectivity index is 0.00000426. The van der Waals surface area contributed by atoms with Gasteiger partial charge in [-0.25, -0.2) is 10.6 Å². The third-order valence-electron chi connectivity index (χ3n) is 8.19. The van der Waals surface area contributed by atoms with Gasteiger partial charge in [-0.2, -0.15) is 6.54 Å². The largest absolute Gasteiger partial charge is 0.677 e. The van der Waals surface area contributed by atoms with Gasteiger partial charge in [0.2, 0.25) is 17.7 Å². The van der Waals surface area contributed by atoms with Crippen molar-refractivity contribution in [3.8, 4) is 0 Å². The number of carboxylic acid groups (broad SMARTS) is 1. The number of nitrogens with two attached hydrogens (primary N) is 2. The summed E-state index contributed by atoms with van der Waals surface area (Å²) in [6.07, 6.45) is 3.06. The van der Waals surface area contributed by atoms with Crippen molar-refractivity contribution in [1.82, 2.24) is 21.0 Å². The van der Waals surface area contributed by atoms with Gasteiger partial charge in [-0.05, 0) is 37.3 Å². The number of aliphatic carboxylic acids is 1. The van der Waals surface area contributed by atoms with E-state index in [0.29, 0.717) is 61.3 Å². The fourth-order valence-corrected chi connectivity index (χ4v) is 5.80. The number of fused-ring (bicyclic) bond motifs is 2. The summed E-state index contributed by atoms with van der Waals surface area (Å²) in [5, 5.41) is 19.8. The first-order chi connectivity index (χ1) is 23.9. The number of carboxylic acids is 1. The summed E-state index contributed by atoms with van der Waals surface area (Å²) in [7, 11) is 1.70. The van der Waals surface area contributed by atoms with Gasteiger partial charge in [-0.1, -0.05) is 83.0 Å². The number of nitrogens with zero attached hydrogens (tertiary/aromatic N) is 2. The van der Waals surface area contributed by atoms with Crippen molar-refractivity contribution in [2.75, 3.05) is 25.0 Å². The number of hydrogen-bond acceptors (Lipinski definition) is 8. The van der Waals surface area contributed by atoms with Gasteiger partial charge in [-0.3, -0.25) is 14.4 Å². The van der Waals surface area contributed by atoms with E-state index >= 15 is 0 Å². The Bertz CT molecular complexity index is 1450. The molecular formula is C37H57N8O5Y-. The minimum absolute atomic E-state index is 0. The van der Waals surface area contributed by atoms with Gasteiger partial charge >= 0.3 is 5.97 Å². The third kappa shape index (κ3) is 14.3. The van der Waals surface area contributed by atoms with E-state index in [1.165, 1.54) is 5.01 Å². The minimum Gasteiger partial charge on any atom is -0.677 e. The number of hydrazine groups is 1. The molecule has 0 bridgehead atoms. The number of hydrogen-bond donors (Lipinski definition) is 6. The van der Waals surface area contributed by atoms with E-state index in [-0.39, 0.29) is 88.8 Å². The van der Waals surface area contributed by atoms with Crippen molar-refractivity contribution in [1.29, 1.82) is 0 Å². The van der Waals surface area contributed by atoms with E-state index in [9.17, 15) is 24.3 Å². The zero-order chi connectivity index (χ0) is 37.2. The predicted molar refractivity (Wildman–Crippen MR) is 199 cm³/mol. The van der Waals surface area contributed by atoms with E-state index in [1.807, 2.05) is 76.2 Å². The van der Waals surface area contributed by atoms with Gasteiger partial charge < -0.3 is 42.4 Å². The Labute approximate surface area is 328 Å². The van der Waals surface area contributed by atoms with Crippen LogP contribution in [0.25, 0.3) is 17.1 Å². The zero-order valence-corrected chi connectivity index (χ0v) is 33.7. The van der Waals surface area contributed by atoms with Gasteiger partial charge in [0.15, 0.2) is 0 Å². The third-order valence-corrected chi connectivity index (χ3v) is 8.19. The van der Waals surface area contributed by atoms with E-state index in [4.69, 9.17) is 17.3 Å². The maximum atomic E-state index is 13.6. The van der Waals surface area contributed by atoms with Crippen LogP contribution in [0.2, 0.25) is 0 Å². The summed E-state index contributed by atoms with van der Waals surface area (Å²) >= 11 is 0. The Hall–Kier alpha value is -3.36. The quantitative estimate of drug-likeness (QED) is 0.0720. The van der Waals surface area contributed by atoms with Crippen LogP contribution in [0.3, 0.4) is 0 Å². The van der Waals surface area contributed by atoms with Crippen molar-refractivity contribution < 1.29 is 57.0 Å². The smallest absolute Gasteiger partial charge is 0.326 e. The number of rotatable bonds is 18. The Morgan fingerprint density at radius 3 is 2.16 bits per heavy atom. The molecule has 51 heavy (non-hydrogen) atoms. The molecule has 3 rings (SSSR count). The van der Waals surface area contributed by atoms with Crippen LogP contribution in [0.15, 0.2) is 48.5 Å². The van der Waals surface area contributed by atoms with Crippen LogP contribution in [-0.4, -0.2) is 72.1 Å². The molecule has 2 aromatic carbocycles. The first-order valence-corrected chi connectivity index (χ1v) is 17.6. The van der Waals surface area contributed by atoms with Crippen LogP contribution in [0, 0.1) is 0 Å².